The molecular formula is C12H15Cl2FN2O. The van der Waals surface area contributed by atoms with Gasteiger partial charge in [0.15, 0.2) is 0 Å². The lowest BCUT2D eigenvalue weighted by Gasteiger charge is -2.24. The smallest absolute Gasteiger partial charge is 0.255 e. The van der Waals surface area contributed by atoms with Crippen molar-refractivity contribution in [1.29, 1.82) is 0 Å². The molecule has 100 valence electrons. The van der Waals surface area contributed by atoms with Gasteiger partial charge in [-0.15, -0.1) is 12.4 Å². The third-order valence-corrected chi connectivity index (χ3v) is 3.47. The topological polar surface area (TPSA) is 32.3 Å². The molecule has 1 atom stereocenters. The van der Waals surface area contributed by atoms with E-state index in [1.165, 1.54) is 12.1 Å². The van der Waals surface area contributed by atoms with Crippen LogP contribution in [0.15, 0.2) is 18.2 Å². The molecule has 0 aromatic heterocycles. The van der Waals surface area contributed by atoms with Gasteiger partial charge in [-0.05, 0) is 25.1 Å². The van der Waals surface area contributed by atoms with Crippen LogP contribution in [-0.2, 0) is 0 Å². The summed E-state index contributed by atoms with van der Waals surface area (Å²) in [5, 5.41) is 3.08. The zero-order chi connectivity index (χ0) is 12.4. The average molecular weight is 293 g/mol. The second-order valence-electron chi connectivity index (χ2n) is 4.16. The molecule has 1 saturated heterocycles. The Labute approximate surface area is 117 Å². The molecule has 0 radical (unpaired) electrons. The van der Waals surface area contributed by atoms with Crippen LogP contribution >= 0.6 is 24.0 Å². The highest BCUT2D eigenvalue weighted by Gasteiger charge is 2.25. The molecule has 0 bridgehead atoms. The van der Waals surface area contributed by atoms with Crippen molar-refractivity contribution in [3.05, 3.63) is 34.6 Å². The maximum Gasteiger partial charge on any atom is 0.255 e. The number of hydrogen-bond donors (Lipinski definition) is 1. The second kappa shape index (κ2) is 6.36. The first-order valence-corrected chi connectivity index (χ1v) is 5.91. The summed E-state index contributed by atoms with van der Waals surface area (Å²) >= 11 is 5.80. The van der Waals surface area contributed by atoms with Crippen LogP contribution in [0.1, 0.15) is 16.8 Å². The maximum absolute atomic E-state index is 13.3. The van der Waals surface area contributed by atoms with Crippen LogP contribution in [0.2, 0.25) is 5.02 Å². The minimum atomic E-state index is -0.560. The Bertz CT molecular complexity index is 436. The molecule has 18 heavy (non-hydrogen) atoms. The molecule has 1 N–H and O–H groups in total. The number of amides is 1. The molecule has 1 aliphatic rings. The van der Waals surface area contributed by atoms with Gasteiger partial charge >= 0.3 is 0 Å². The maximum atomic E-state index is 13.3. The highest BCUT2D eigenvalue weighted by Crippen LogP contribution is 2.22. The summed E-state index contributed by atoms with van der Waals surface area (Å²) < 4.78 is 13.3. The summed E-state index contributed by atoms with van der Waals surface area (Å²) in [6, 6.07) is 4.44. The zero-order valence-electron chi connectivity index (χ0n) is 9.95. The predicted molar refractivity (Wildman–Crippen MR) is 72.0 cm³/mol. The number of benzene rings is 1. The van der Waals surface area contributed by atoms with Gasteiger partial charge in [0.25, 0.3) is 5.91 Å². The molecule has 1 amide bonds. The van der Waals surface area contributed by atoms with Crippen molar-refractivity contribution in [1.82, 2.24) is 10.2 Å². The second-order valence-corrected chi connectivity index (χ2v) is 4.54. The molecule has 6 heteroatoms. The van der Waals surface area contributed by atoms with Crippen LogP contribution in [-0.4, -0.2) is 37.0 Å². The fourth-order valence-corrected chi connectivity index (χ4v) is 2.20. The van der Waals surface area contributed by atoms with E-state index in [0.717, 1.165) is 19.5 Å². The number of hydrogen-bond acceptors (Lipinski definition) is 2. The van der Waals surface area contributed by atoms with Crippen molar-refractivity contribution in [3.8, 4) is 0 Å². The summed E-state index contributed by atoms with van der Waals surface area (Å²) in [4.78, 5) is 13.8. The Morgan fingerprint density at radius 2 is 2.28 bits per heavy atom. The van der Waals surface area contributed by atoms with Crippen molar-refractivity contribution in [2.75, 3.05) is 20.1 Å². The zero-order valence-corrected chi connectivity index (χ0v) is 11.5. The summed E-state index contributed by atoms with van der Waals surface area (Å²) in [5.74, 6) is -0.793. The van der Waals surface area contributed by atoms with Gasteiger partial charge < -0.3 is 10.2 Å². The standard InChI is InChI=1S/C12H14ClFN2O.ClH/c1-16(8-5-6-15-7-8)12(17)9-3-2-4-10(14)11(9)13;/h2-4,8,15H,5-7H2,1H3;1H. The van der Waals surface area contributed by atoms with E-state index in [4.69, 9.17) is 11.6 Å². The fraction of sp³-hybridized carbons (Fsp3) is 0.417. The molecule has 1 aromatic carbocycles. The van der Waals surface area contributed by atoms with Gasteiger partial charge in [-0.2, -0.15) is 0 Å². The van der Waals surface area contributed by atoms with E-state index in [0.29, 0.717) is 0 Å². The largest absolute Gasteiger partial charge is 0.337 e. The average Bonchev–Trinajstić information content (AvgIpc) is 2.84. The van der Waals surface area contributed by atoms with E-state index in [1.807, 2.05) is 0 Å². The molecule has 0 aliphatic carbocycles. The Balaban J connectivity index is 0.00000162. The number of rotatable bonds is 2. The summed E-state index contributed by atoms with van der Waals surface area (Å²) in [5.41, 5.74) is 0.223. The van der Waals surface area contributed by atoms with Crippen LogP contribution in [0.4, 0.5) is 4.39 Å². The molecule has 2 rings (SSSR count). The molecular weight excluding hydrogens is 278 g/mol. The minimum absolute atomic E-state index is 0. The summed E-state index contributed by atoms with van der Waals surface area (Å²) in [6.45, 7) is 1.67. The van der Waals surface area contributed by atoms with Gasteiger partial charge in [-0.3, -0.25) is 4.79 Å². The van der Waals surface area contributed by atoms with Crippen molar-refractivity contribution < 1.29 is 9.18 Å². The molecule has 0 saturated carbocycles. The third kappa shape index (κ3) is 2.94. The van der Waals surface area contributed by atoms with E-state index in [-0.39, 0.29) is 34.9 Å². The highest BCUT2D eigenvalue weighted by molar-refractivity contribution is 6.34. The van der Waals surface area contributed by atoms with E-state index in [2.05, 4.69) is 5.32 Å². The molecule has 1 aromatic rings. The number of carbonyl (C=O) groups is 1. The quantitative estimate of drug-likeness (QED) is 0.907. The predicted octanol–water partition coefficient (Wildman–Crippen LogP) is 2.33. The normalized spacial score (nSPS) is 18.3. The van der Waals surface area contributed by atoms with E-state index in [9.17, 15) is 9.18 Å². The number of likely N-dealkylation sites (N-methyl/N-ethyl adjacent to an activating group) is 1. The van der Waals surface area contributed by atoms with E-state index < -0.39 is 5.82 Å². The van der Waals surface area contributed by atoms with Gasteiger partial charge in [-0.25, -0.2) is 4.39 Å². The first-order valence-electron chi connectivity index (χ1n) is 5.53. The van der Waals surface area contributed by atoms with Gasteiger partial charge in [0.2, 0.25) is 0 Å². The molecule has 1 fully saturated rings. The van der Waals surface area contributed by atoms with Crippen molar-refractivity contribution in [2.24, 2.45) is 0 Å². The summed E-state index contributed by atoms with van der Waals surface area (Å²) in [6.07, 6.45) is 0.912. The monoisotopic (exact) mass is 292 g/mol. The molecule has 1 heterocycles. The molecule has 3 nitrogen and oxygen atoms in total. The first kappa shape index (κ1) is 15.2. The minimum Gasteiger partial charge on any atom is -0.337 e. The van der Waals surface area contributed by atoms with Crippen LogP contribution in [0, 0.1) is 5.82 Å². The van der Waals surface area contributed by atoms with Gasteiger partial charge in [0, 0.05) is 19.6 Å². The first-order chi connectivity index (χ1) is 8.11. The molecule has 1 unspecified atom stereocenters. The number of halogens is 3. The van der Waals surface area contributed by atoms with E-state index in [1.54, 1.807) is 18.0 Å². The SMILES string of the molecule is CN(C(=O)c1cccc(F)c1Cl)C1CCNC1.Cl. The van der Waals surface area contributed by atoms with Gasteiger partial charge in [-0.1, -0.05) is 17.7 Å². The lowest BCUT2D eigenvalue weighted by atomic mass is 10.1. The van der Waals surface area contributed by atoms with Crippen molar-refractivity contribution >= 4 is 29.9 Å². The Kier molecular flexibility index (Phi) is 5.38. The third-order valence-electron chi connectivity index (χ3n) is 3.08. The van der Waals surface area contributed by atoms with E-state index >= 15 is 0 Å². The number of carbonyl (C=O) groups excluding carboxylic acids is 1. The van der Waals surface area contributed by atoms with Gasteiger partial charge in [0.1, 0.15) is 5.82 Å². The number of nitrogens with zero attached hydrogens (tertiary/aromatic N) is 1. The van der Waals surface area contributed by atoms with Crippen molar-refractivity contribution in [2.45, 2.75) is 12.5 Å². The Hall–Kier alpha value is -0.840. The van der Waals surface area contributed by atoms with Crippen LogP contribution < -0.4 is 5.32 Å². The Morgan fingerprint density at radius 1 is 1.56 bits per heavy atom. The van der Waals surface area contributed by atoms with Crippen LogP contribution in [0.3, 0.4) is 0 Å². The van der Waals surface area contributed by atoms with Crippen molar-refractivity contribution in [3.63, 3.8) is 0 Å². The van der Waals surface area contributed by atoms with Crippen LogP contribution in [0.25, 0.3) is 0 Å². The van der Waals surface area contributed by atoms with Crippen LogP contribution in [0.5, 0.6) is 0 Å². The number of nitrogens with one attached hydrogen (secondary N) is 1. The molecule has 0 spiro atoms. The lowest BCUT2D eigenvalue weighted by Crippen LogP contribution is -2.38. The summed E-state index contributed by atoms with van der Waals surface area (Å²) in [7, 11) is 1.72. The lowest BCUT2D eigenvalue weighted by molar-refractivity contribution is 0.0743. The molecule has 1 aliphatic heterocycles. The fourth-order valence-electron chi connectivity index (χ4n) is 1.99. The Morgan fingerprint density at radius 3 is 2.89 bits per heavy atom. The van der Waals surface area contributed by atoms with Gasteiger partial charge in [0.05, 0.1) is 10.6 Å². The highest BCUT2D eigenvalue weighted by atomic mass is 35.5.